The van der Waals surface area contributed by atoms with Crippen molar-refractivity contribution in [2.45, 2.75) is 57.4 Å². The number of hydrogen-bond acceptors (Lipinski definition) is 3. The molecular weight excluding hydrogens is 220 g/mol. The number of nitrogens with one attached hydrogen (secondary N) is 1. The van der Waals surface area contributed by atoms with Crippen LogP contribution in [-0.2, 0) is 4.79 Å². The minimum atomic E-state index is -0.368. The fraction of sp³-hybridized carbons (Fsp3) is 0.917. The average molecular weight is 244 g/mol. The normalized spacial score (nSPS) is 27.1. The van der Waals surface area contributed by atoms with Gasteiger partial charge in [-0.3, -0.25) is 4.79 Å². The summed E-state index contributed by atoms with van der Waals surface area (Å²) in [5.74, 6) is 1.34. The fourth-order valence-electron chi connectivity index (χ4n) is 2.09. The van der Waals surface area contributed by atoms with E-state index in [1.165, 1.54) is 12.8 Å². The Morgan fingerprint density at radius 1 is 1.50 bits per heavy atom. The Bertz CT molecular complexity index is 233. The van der Waals surface area contributed by atoms with Gasteiger partial charge in [-0.15, -0.1) is 0 Å². The molecule has 0 heterocycles. The zero-order valence-electron chi connectivity index (χ0n) is 10.5. The van der Waals surface area contributed by atoms with Gasteiger partial charge in [0.05, 0.1) is 6.04 Å². The van der Waals surface area contributed by atoms with E-state index in [0.29, 0.717) is 11.3 Å². The minimum Gasteiger partial charge on any atom is -0.351 e. The number of hydrogen-bond donors (Lipinski definition) is 2. The van der Waals surface area contributed by atoms with Crippen LogP contribution in [0.1, 0.15) is 40.0 Å². The number of nitrogens with two attached hydrogens (primary N) is 1. The first kappa shape index (κ1) is 13.8. The molecule has 1 rings (SSSR count). The van der Waals surface area contributed by atoms with Crippen LogP contribution in [0.15, 0.2) is 0 Å². The maximum atomic E-state index is 11.8. The Labute approximate surface area is 103 Å². The molecule has 16 heavy (non-hydrogen) atoms. The molecule has 0 aliphatic heterocycles. The molecule has 0 saturated heterocycles. The molecule has 4 heteroatoms. The molecule has 1 saturated carbocycles. The molecule has 0 aromatic carbocycles. The Hall–Kier alpha value is -0.220. The van der Waals surface area contributed by atoms with Crippen molar-refractivity contribution in [3.63, 3.8) is 0 Å². The highest BCUT2D eigenvalue weighted by Crippen LogP contribution is 2.29. The Morgan fingerprint density at radius 3 is 2.75 bits per heavy atom. The van der Waals surface area contributed by atoms with Crippen molar-refractivity contribution in [2.75, 3.05) is 5.75 Å². The van der Waals surface area contributed by atoms with E-state index >= 15 is 0 Å². The minimum absolute atomic E-state index is 0.0172. The summed E-state index contributed by atoms with van der Waals surface area (Å²) in [7, 11) is 0. The van der Waals surface area contributed by atoms with Crippen LogP contribution in [0, 0.1) is 5.92 Å². The van der Waals surface area contributed by atoms with Gasteiger partial charge in [0, 0.05) is 11.3 Å². The van der Waals surface area contributed by atoms with E-state index in [-0.39, 0.29) is 17.9 Å². The maximum absolute atomic E-state index is 11.8. The monoisotopic (exact) mass is 244 g/mol. The zero-order chi connectivity index (χ0) is 12.1. The van der Waals surface area contributed by atoms with E-state index in [2.05, 4.69) is 12.2 Å². The van der Waals surface area contributed by atoms with Gasteiger partial charge in [0.15, 0.2) is 0 Å². The highest BCUT2D eigenvalue weighted by Gasteiger charge is 2.30. The Kier molecular flexibility index (Phi) is 5.62. The first-order chi connectivity index (χ1) is 7.56. The molecule has 94 valence electrons. The van der Waals surface area contributed by atoms with Crippen LogP contribution >= 0.6 is 11.8 Å². The van der Waals surface area contributed by atoms with Crippen molar-refractivity contribution in [3.8, 4) is 0 Å². The lowest BCUT2D eigenvalue weighted by molar-refractivity contribution is -0.123. The van der Waals surface area contributed by atoms with Crippen LogP contribution in [0.2, 0.25) is 0 Å². The van der Waals surface area contributed by atoms with Crippen LogP contribution in [0.3, 0.4) is 0 Å². The van der Waals surface area contributed by atoms with E-state index in [0.717, 1.165) is 12.2 Å². The smallest absolute Gasteiger partial charge is 0.237 e. The molecule has 2 unspecified atom stereocenters. The van der Waals surface area contributed by atoms with Gasteiger partial charge >= 0.3 is 0 Å². The summed E-state index contributed by atoms with van der Waals surface area (Å²) < 4.78 is 0. The van der Waals surface area contributed by atoms with Gasteiger partial charge in [-0.25, -0.2) is 0 Å². The third-order valence-corrected chi connectivity index (χ3v) is 4.51. The SMILES string of the molecule is CCSC1CCCC1NC(=O)[C@@H](N)C(C)C. The number of carbonyl (C=O) groups excluding carboxylic acids is 1. The second-order valence-corrected chi connectivity index (χ2v) is 6.33. The summed E-state index contributed by atoms with van der Waals surface area (Å²) in [5, 5.41) is 3.70. The molecule has 0 radical (unpaired) electrons. The first-order valence-corrected chi connectivity index (χ1v) is 7.28. The summed E-state index contributed by atoms with van der Waals surface area (Å²) >= 11 is 1.95. The topological polar surface area (TPSA) is 55.1 Å². The third-order valence-electron chi connectivity index (χ3n) is 3.18. The van der Waals surface area contributed by atoms with Gasteiger partial charge in [-0.1, -0.05) is 27.2 Å². The Balaban J connectivity index is 2.43. The first-order valence-electron chi connectivity index (χ1n) is 6.23. The van der Waals surface area contributed by atoms with Crippen LogP contribution in [0.5, 0.6) is 0 Å². The summed E-state index contributed by atoms with van der Waals surface area (Å²) in [4.78, 5) is 11.8. The number of thioether (sulfide) groups is 1. The van der Waals surface area contributed by atoms with Crippen LogP contribution in [0.4, 0.5) is 0 Å². The second-order valence-electron chi connectivity index (χ2n) is 4.81. The molecule has 3 nitrogen and oxygen atoms in total. The highest BCUT2D eigenvalue weighted by atomic mass is 32.2. The van der Waals surface area contributed by atoms with Gasteiger partial charge in [-0.2, -0.15) is 11.8 Å². The van der Waals surface area contributed by atoms with Crippen LogP contribution in [-0.4, -0.2) is 29.0 Å². The summed E-state index contributed by atoms with van der Waals surface area (Å²) in [6.07, 6.45) is 3.55. The molecule has 0 bridgehead atoms. The predicted molar refractivity (Wildman–Crippen MR) is 70.5 cm³/mol. The lowest BCUT2D eigenvalue weighted by atomic mass is 10.0. The lowest BCUT2D eigenvalue weighted by Gasteiger charge is -2.23. The lowest BCUT2D eigenvalue weighted by Crippen LogP contribution is -2.49. The second kappa shape index (κ2) is 6.50. The van der Waals surface area contributed by atoms with Crippen molar-refractivity contribution in [2.24, 2.45) is 11.7 Å². The van der Waals surface area contributed by atoms with E-state index in [1.807, 2.05) is 25.6 Å². The van der Waals surface area contributed by atoms with Crippen LogP contribution < -0.4 is 11.1 Å². The van der Waals surface area contributed by atoms with Crippen molar-refractivity contribution in [3.05, 3.63) is 0 Å². The molecule has 0 aromatic heterocycles. The average Bonchev–Trinajstić information content (AvgIpc) is 2.65. The van der Waals surface area contributed by atoms with E-state index in [9.17, 15) is 4.79 Å². The molecular formula is C12H24N2OS. The standard InChI is InChI=1S/C12H24N2OS/c1-4-16-10-7-5-6-9(10)14-12(15)11(13)8(2)3/h8-11H,4-7,13H2,1-3H3,(H,14,15)/t9?,10?,11-/m0/s1. The van der Waals surface area contributed by atoms with Gasteiger partial charge in [0.2, 0.25) is 5.91 Å². The quantitative estimate of drug-likeness (QED) is 0.775. The van der Waals surface area contributed by atoms with Gasteiger partial charge in [0.25, 0.3) is 0 Å². The van der Waals surface area contributed by atoms with E-state index < -0.39 is 0 Å². The van der Waals surface area contributed by atoms with Crippen molar-refractivity contribution < 1.29 is 4.79 Å². The molecule has 0 aromatic rings. The van der Waals surface area contributed by atoms with Crippen molar-refractivity contribution in [1.29, 1.82) is 0 Å². The number of amides is 1. The predicted octanol–water partition coefficient (Wildman–Crippen LogP) is 1.76. The molecule has 0 spiro atoms. The number of carbonyl (C=O) groups is 1. The zero-order valence-corrected chi connectivity index (χ0v) is 11.3. The molecule has 1 amide bonds. The van der Waals surface area contributed by atoms with Gasteiger partial charge < -0.3 is 11.1 Å². The third kappa shape index (κ3) is 3.67. The van der Waals surface area contributed by atoms with Gasteiger partial charge in [-0.05, 0) is 24.5 Å². The Morgan fingerprint density at radius 2 is 2.19 bits per heavy atom. The summed E-state index contributed by atoms with van der Waals surface area (Å²) in [6.45, 7) is 6.13. The molecule has 1 aliphatic carbocycles. The largest absolute Gasteiger partial charge is 0.351 e. The molecule has 3 N–H and O–H groups in total. The highest BCUT2D eigenvalue weighted by molar-refractivity contribution is 7.99. The maximum Gasteiger partial charge on any atom is 0.237 e. The molecule has 1 aliphatic rings. The van der Waals surface area contributed by atoms with E-state index in [1.54, 1.807) is 0 Å². The molecule has 3 atom stereocenters. The summed E-state index contributed by atoms with van der Waals surface area (Å²) in [5.41, 5.74) is 5.84. The fourth-order valence-corrected chi connectivity index (χ4v) is 3.28. The number of rotatable bonds is 5. The van der Waals surface area contributed by atoms with Crippen molar-refractivity contribution in [1.82, 2.24) is 5.32 Å². The van der Waals surface area contributed by atoms with Crippen LogP contribution in [0.25, 0.3) is 0 Å². The molecule has 1 fully saturated rings. The van der Waals surface area contributed by atoms with Crippen molar-refractivity contribution >= 4 is 17.7 Å². The van der Waals surface area contributed by atoms with E-state index in [4.69, 9.17) is 5.73 Å². The summed E-state index contributed by atoms with van der Waals surface area (Å²) in [6, 6.07) is -0.0323. The van der Waals surface area contributed by atoms with Gasteiger partial charge in [0.1, 0.15) is 0 Å².